The highest BCUT2D eigenvalue weighted by molar-refractivity contribution is 6.06. The Bertz CT molecular complexity index is 1160. The number of carbonyl (C=O) groups excluding carboxylic acids is 1. The molecule has 0 aliphatic heterocycles. The molecule has 2 heterocycles. The predicted octanol–water partition coefficient (Wildman–Crippen LogP) is 3.75. The van der Waals surface area contributed by atoms with Crippen LogP contribution >= 0.6 is 0 Å². The fourth-order valence-electron chi connectivity index (χ4n) is 2.62. The molecule has 4 rings (SSSR count). The van der Waals surface area contributed by atoms with Gasteiger partial charge in [-0.2, -0.15) is 0 Å². The van der Waals surface area contributed by atoms with Gasteiger partial charge in [-0.15, -0.1) is 0 Å². The number of nitrogens with zero attached hydrogens (tertiary/aromatic N) is 1. The molecule has 2 aromatic heterocycles. The molecule has 0 spiro atoms. The molecule has 0 bridgehead atoms. The molecule has 6 heteroatoms. The van der Waals surface area contributed by atoms with Crippen LogP contribution in [-0.4, -0.2) is 10.9 Å². The number of rotatable bonds is 3. The van der Waals surface area contributed by atoms with Gasteiger partial charge in [-0.05, 0) is 30.3 Å². The first-order chi connectivity index (χ1) is 12.1. The second-order valence-corrected chi connectivity index (χ2v) is 5.58. The molecule has 25 heavy (non-hydrogen) atoms. The summed E-state index contributed by atoms with van der Waals surface area (Å²) >= 11 is 0. The maximum absolute atomic E-state index is 12.5. The zero-order chi connectivity index (χ0) is 17.4. The summed E-state index contributed by atoms with van der Waals surface area (Å²) in [6, 6.07) is 13.7. The van der Waals surface area contributed by atoms with E-state index in [0.717, 1.165) is 0 Å². The highest BCUT2D eigenvalue weighted by Gasteiger charge is 2.14. The van der Waals surface area contributed by atoms with Crippen LogP contribution in [0.2, 0.25) is 0 Å². The minimum Gasteiger partial charge on any atom is -0.441 e. The molecular weight excluding hydrogens is 320 g/mol. The van der Waals surface area contributed by atoms with Crippen LogP contribution in [-0.2, 0) is 6.42 Å². The predicted molar refractivity (Wildman–Crippen MR) is 93.8 cm³/mol. The number of fused-ring (bicyclic) bond motifs is 2. The van der Waals surface area contributed by atoms with Crippen LogP contribution in [0, 0.1) is 0 Å². The monoisotopic (exact) mass is 334 g/mol. The third-order valence-electron chi connectivity index (χ3n) is 3.88. The third-order valence-corrected chi connectivity index (χ3v) is 3.88. The number of aryl methyl sites for hydroxylation is 1. The summed E-state index contributed by atoms with van der Waals surface area (Å²) in [5.74, 6) is 0.103. The Balaban J connectivity index is 1.67. The molecule has 2 aromatic carbocycles. The molecule has 1 amide bonds. The van der Waals surface area contributed by atoms with Gasteiger partial charge in [0.25, 0.3) is 5.91 Å². The fourth-order valence-corrected chi connectivity index (χ4v) is 2.62. The largest absolute Gasteiger partial charge is 0.441 e. The SMILES string of the molecule is CCc1nc2cc(NC(=O)c3cc4ccccc4oc3=O)ccc2o1. The number of amides is 1. The number of anilines is 1. The number of nitrogens with one attached hydrogen (secondary N) is 1. The fraction of sp³-hybridized carbons (Fsp3) is 0.105. The van der Waals surface area contributed by atoms with Gasteiger partial charge in [0.15, 0.2) is 11.5 Å². The van der Waals surface area contributed by atoms with E-state index in [1.54, 1.807) is 36.4 Å². The summed E-state index contributed by atoms with van der Waals surface area (Å²) < 4.78 is 10.7. The molecule has 124 valence electrons. The molecule has 0 unspecified atom stereocenters. The minimum absolute atomic E-state index is 0.0480. The smallest absolute Gasteiger partial charge is 0.349 e. The van der Waals surface area contributed by atoms with Crippen molar-refractivity contribution in [2.24, 2.45) is 0 Å². The van der Waals surface area contributed by atoms with Gasteiger partial charge in [0.2, 0.25) is 0 Å². The molecule has 0 saturated carbocycles. The zero-order valence-corrected chi connectivity index (χ0v) is 13.4. The summed E-state index contributed by atoms with van der Waals surface area (Å²) in [6.45, 7) is 1.95. The zero-order valence-electron chi connectivity index (χ0n) is 13.4. The van der Waals surface area contributed by atoms with Crippen LogP contribution in [0.1, 0.15) is 23.2 Å². The Morgan fingerprint density at radius 2 is 1.92 bits per heavy atom. The highest BCUT2D eigenvalue weighted by Crippen LogP contribution is 2.21. The topological polar surface area (TPSA) is 85.3 Å². The summed E-state index contributed by atoms with van der Waals surface area (Å²) in [7, 11) is 0. The lowest BCUT2D eigenvalue weighted by molar-refractivity contribution is 0.102. The van der Waals surface area contributed by atoms with E-state index in [4.69, 9.17) is 8.83 Å². The van der Waals surface area contributed by atoms with E-state index in [0.29, 0.717) is 40.1 Å². The van der Waals surface area contributed by atoms with E-state index >= 15 is 0 Å². The van der Waals surface area contributed by atoms with Crippen LogP contribution in [0.25, 0.3) is 22.1 Å². The summed E-state index contributed by atoms with van der Waals surface area (Å²) in [5.41, 5.74) is 1.56. The standard InChI is InChI=1S/C19H14N2O4/c1-2-17-21-14-10-12(7-8-16(14)24-17)20-18(22)13-9-11-5-3-4-6-15(11)25-19(13)23/h3-10H,2H2,1H3,(H,20,22). The van der Waals surface area contributed by atoms with E-state index < -0.39 is 11.5 Å². The normalized spacial score (nSPS) is 11.1. The Hall–Kier alpha value is -3.41. The van der Waals surface area contributed by atoms with Crippen molar-refractivity contribution in [3.63, 3.8) is 0 Å². The van der Waals surface area contributed by atoms with Gasteiger partial charge < -0.3 is 14.2 Å². The lowest BCUT2D eigenvalue weighted by atomic mass is 10.1. The molecule has 0 fully saturated rings. The molecule has 0 radical (unpaired) electrons. The average Bonchev–Trinajstić information content (AvgIpc) is 3.03. The van der Waals surface area contributed by atoms with Gasteiger partial charge in [-0.25, -0.2) is 9.78 Å². The third kappa shape index (κ3) is 2.78. The Morgan fingerprint density at radius 1 is 1.08 bits per heavy atom. The molecule has 6 nitrogen and oxygen atoms in total. The van der Waals surface area contributed by atoms with Crippen molar-refractivity contribution in [3.8, 4) is 0 Å². The summed E-state index contributed by atoms with van der Waals surface area (Å²) in [6.07, 6.45) is 0.689. The molecule has 0 atom stereocenters. The van der Waals surface area contributed by atoms with Crippen molar-refractivity contribution >= 4 is 33.7 Å². The summed E-state index contributed by atoms with van der Waals surface area (Å²) in [4.78, 5) is 28.9. The molecule has 4 aromatic rings. The van der Waals surface area contributed by atoms with Gasteiger partial charge in [0.05, 0.1) is 0 Å². The Morgan fingerprint density at radius 3 is 2.76 bits per heavy atom. The van der Waals surface area contributed by atoms with Gasteiger partial charge in [0.1, 0.15) is 16.7 Å². The molecule has 0 saturated heterocycles. The van der Waals surface area contributed by atoms with E-state index in [9.17, 15) is 9.59 Å². The number of carbonyl (C=O) groups is 1. The lowest BCUT2D eigenvalue weighted by Gasteiger charge is -2.05. The summed E-state index contributed by atoms with van der Waals surface area (Å²) in [5, 5.41) is 3.39. The van der Waals surface area contributed by atoms with Crippen molar-refractivity contribution in [1.82, 2.24) is 4.98 Å². The van der Waals surface area contributed by atoms with Crippen molar-refractivity contribution in [2.75, 3.05) is 5.32 Å². The lowest BCUT2D eigenvalue weighted by Crippen LogP contribution is -2.20. The Kier molecular flexibility index (Phi) is 3.57. The van der Waals surface area contributed by atoms with Crippen LogP contribution in [0.4, 0.5) is 5.69 Å². The van der Waals surface area contributed by atoms with E-state index in [-0.39, 0.29) is 5.56 Å². The first-order valence-electron chi connectivity index (χ1n) is 7.88. The number of oxazole rings is 1. The molecule has 1 N–H and O–H groups in total. The number of hydrogen-bond donors (Lipinski definition) is 1. The maximum atomic E-state index is 12.5. The van der Waals surface area contributed by atoms with E-state index in [1.807, 2.05) is 13.0 Å². The van der Waals surface area contributed by atoms with Gasteiger partial charge in [-0.3, -0.25) is 4.79 Å². The highest BCUT2D eigenvalue weighted by atomic mass is 16.4. The van der Waals surface area contributed by atoms with Crippen LogP contribution in [0.15, 0.2) is 62.2 Å². The van der Waals surface area contributed by atoms with Crippen LogP contribution < -0.4 is 10.9 Å². The Labute approximate surface area is 142 Å². The first-order valence-corrected chi connectivity index (χ1v) is 7.88. The second-order valence-electron chi connectivity index (χ2n) is 5.58. The van der Waals surface area contributed by atoms with Crippen molar-refractivity contribution in [3.05, 3.63) is 70.4 Å². The van der Waals surface area contributed by atoms with Gasteiger partial charge in [0, 0.05) is 17.5 Å². The maximum Gasteiger partial charge on any atom is 0.349 e. The van der Waals surface area contributed by atoms with E-state index in [2.05, 4.69) is 10.3 Å². The van der Waals surface area contributed by atoms with Crippen molar-refractivity contribution < 1.29 is 13.6 Å². The molecular formula is C19H14N2O4. The van der Waals surface area contributed by atoms with Crippen molar-refractivity contribution in [1.29, 1.82) is 0 Å². The first kappa shape index (κ1) is 15.1. The molecule has 0 aliphatic carbocycles. The quantitative estimate of drug-likeness (QED) is 0.577. The minimum atomic E-state index is -0.674. The van der Waals surface area contributed by atoms with Gasteiger partial charge >= 0.3 is 5.63 Å². The molecule has 0 aliphatic rings. The number of benzene rings is 2. The number of hydrogen-bond acceptors (Lipinski definition) is 5. The van der Waals surface area contributed by atoms with Gasteiger partial charge in [-0.1, -0.05) is 25.1 Å². The van der Waals surface area contributed by atoms with Crippen LogP contribution in [0.3, 0.4) is 0 Å². The van der Waals surface area contributed by atoms with E-state index in [1.165, 1.54) is 6.07 Å². The number of aromatic nitrogens is 1. The van der Waals surface area contributed by atoms with Crippen LogP contribution in [0.5, 0.6) is 0 Å². The van der Waals surface area contributed by atoms with Crippen molar-refractivity contribution in [2.45, 2.75) is 13.3 Å². The second kappa shape index (κ2) is 5.90. The number of para-hydroxylation sites is 1. The average molecular weight is 334 g/mol.